The van der Waals surface area contributed by atoms with E-state index in [1.807, 2.05) is 24.3 Å². The second-order valence-corrected chi connectivity index (χ2v) is 13.9. The highest BCUT2D eigenvalue weighted by atomic mass is 32.3. The van der Waals surface area contributed by atoms with Gasteiger partial charge >= 0.3 is 0 Å². The number of carbonyl (C=O) groups is 1. The summed E-state index contributed by atoms with van der Waals surface area (Å²) in [6.07, 6.45) is 12.5. The van der Waals surface area contributed by atoms with E-state index in [1.165, 1.54) is 4.31 Å². The summed E-state index contributed by atoms with van der Waals surface area (Å²) in [5.41, 5.74) is 1.62. The van der Waals surface area contributed by atoms with Gasteiger partial charge in [0, 0.05) is 23.4 Å². The van der Waals surface area contributed by atoms with Gasteiger partial charge in [-0.15, -0.1) is 10.8 Å². The van der Waals surface area contributed by atoms with E-state index in [-0.39, 0.29) is 34.6 Å². The molecular weight excluding hydrogens is 500 g/mol. The maximum absolute atomic E-state index is 14.4. The number of rotatable bonds is 6. The maximum Gasteiger partial charge on any atom is 0.272 e. The molecule has 3 aliphatic carbocycles. The third-order valence-corrected chi connectivity index (χ3v) is 11.9. The Morgan fingerprint density at radius 2 is 1.84 bits per heavy atom. The van der Waals surface area contributed by atoms with Crippen LogP contribution in [0.4, 0.5) is 0 Å². The summed E-state index contributed by atoms with van der Waals surface area (Å²) in [5, 5.41) is 0. The minimum absolute atomic E-state index is 0.0284. The van der Waals surface area contributed by atoms with E-state index in [2.05, 4.69) is 18.8 Å². The topological polar surface area (TPSA) is 92.1 Å². The first kappa shape index (κ1) is 25.7. The molecule has 0 unspecified atom stereocenters. The summed E-state index contributed by atoms with van der Waals surface area (Å²) in [5.74, 6) is 1.74. The molecule has 8 heteroatoms. The molecular formula is C30H38N2O5S. The summed E-state index contributed by atoms with van der Waals surface area (Å²) < 4.78 is 36.1. The zero-order valence-corrected chi connectivity index (χ0v) is 23.2. The van der Waals surface area contributed by atoms with E-state index in [0.717, 1.165) is 50.5 Å². The molecule has 4 aliphatic rings. The molecule has 1 aromatic heterocycles. The van der Waals surface area contributed by atoms with Crippen LogP contribution >= 0.6 is 10.8 Å². The molecule has 1 aromatic carbocycles. The van der Waals surface area contributed by atoms with Crippen LogP contribution in [0.25, 0.3) is 11.6 Å². The summed E-state index contributed by atoms with van der Waals surface area (Å²) in [4.78, 5) is 18.5. The predicted molar refractivity (Wildman–Crippen MR) is 150 cm³/mol. The number of ether oxygens (including phenoxy) is 2. The molecule has 3 atom stereocenters. The average Bonchev–Trinajstić information content (AvgIpc) is 3.60. The van der Waals surface area contributed by atoms with E-state index in [9.17, 15) is 13.9 Å². The third-order valence-electron chi connectivity index (χ3n) is 9.95. The van der Waals surface area contributed by atoms with Crippen molar-refractivity contribution in [1.29, 1.82) is 0 Å². The average molecular weight is 539 g/mol. The fraction of sp³-hybridized carbons (Fsp3) is 0.533. The number of methoxy groups -OCH3 is 1. The van der Waals surface area contributed by atoms with Gasteiger partial charge in [0.05, 0.1) is 25.0 Å². The van der Waals surface area contributed by atoms with Gasteiger partial charge in [0.25, 0.3) is 5.91 Å². The Hall–Kier alpha value is -2.55. The van der Waals surface area contributed by atoms with E-state index < -0.39 is 10.8 Å². The molecule has 1 amide bonds. The number of amides is 1. The number of nitrogens with zero attached hydrogens (tertiary/aromatic N) is 2. The van der Waals surface area contributed by atoms with Crippen molar-refractivity contribution >= 4 is 28.3 Å². The lowest BCUT2D eigenvalue weighted by Gasteiger charge is -2.40. The van der Waals surface area contributed by atoms with Crippen LogP contribution in [0.15, 0.2) is 42.7 Å². The second kappa shape index (κ2) is 9.28. The van der Waals surface area contributed by atoms with Crippen molar-refractivity contribution in [1.82, 2.24) is 9.29 Å². The highest BCUT2D eigenvalue weighted by Gasteiger charge is 2.72. The Bertz CT molecular complexity index is 1260. The molecule has 204 valence electrons. The van der Waals surface area contributed by atoms with Crippen LogP contribution < -0.4 is 9.47 Å². The zero-order valence-electron chi connectivity index (χ0n) is 22.4. The van der Waals surface area contributed by atoms with Gasteiger partial charge in [-0.2, -0.15) is 0 Å². The minimum atomic E-state index is -3.26. The summed E-state index contributed by atoms with van der Waals surface area (Å²) in [7, 11) is -1.63. The Kier molecular flexibility index (Phi) is 6.28. The fourth-order valence-electron chi connectivity index (χ4n) is 7.74. The number of aromatic nitrogens is 1. The number of pyridine rings is 1. The van der Waals surface area contributed by atoms with Crippen molar-refractivity contribution < 1.29 is 23.4 Å². The molecule has 6 rings (SSSR count). The van der Waals surface area contributed by atoms with Gasteiger partial charge in [0.2, 0.25) is 0 Å². The minimum Gasteiger partial charge on any atom is -0.493 e. The van der Waals surface area contributed by atoms with Crippen molar-refractivity contribution in [2.45, 2.75) is 70.9 Å². The van der Waals surface area contributed by atoms with Crippen molar-refractivity contribution in [3.63, 3.8) is 0 Å². The second-order valence-electron chi connectivity index (χ2n) is 12.0. The summed E-state index contributed by atoms with van der Waals surface area (Å²) in [6, 6.07) is 9.10. The first-order valence-electron chi connectivity index (χ1n) is 13.7. The van der Waals surface area contributed by atoms with Crippen LogP contribution in [0.2, 0.25) is 0 Å². The molecule has 3 saturated carbocycles. The lowest BCUT2D eigenvalue weighted by Crippen LogP contribution is -2.43. The molecule has 38 heavy (non-hydrogen) atoms. The van der Waals surface area contributed by atoms with Gasteiger partial charge in [-0.1, -0.05) is 19.9 Å². The quantitative estimate of drug-likeness (QED) is 0.400. The maximum atomic E-state index is 14.4. The standard InChI is InChI=1S/C30H38N2O5S/c1-29(2)22-10-13-30(29)19-38(34,35)32(27(30)18-22)28(33)24(21-11-14-31-15-12-21)16-20-8-9-25(36-3)26(17-20)37-23-6-4-5-7-23/h8-9,11-12,14-17,22-23,27,34-35H,4-7,10,13,18-19H2,1-3H3/b24-16+/t22-,27+,30+/m0/s1. The van der Waals surface area contributed by atoms with Gasteiger partial charge in [-0.3, -0.25) is 18.9 Å². The molecule has 2 aromatic rings. The molecule has 4 fully saturated rings. The van der Waals surface area contributed by atoms with Crippen molar-refractivity contribution in [3.05, 3.63) is 53.9 Å². The van der Waals surface area contributed by atoms with E-state index in [0.29, 0.717) is 28.6 Å². The lowest BCUT2D eigenvalue weighted by atomic mass is 9.69. The molecule has 2 bridgehead atoms. The van der Waals surface area contributed by atoms with Crippen molar-refractivity contribution in [2.75, 3.05) is 12.9 Å². The van der Waals surface area contributed by atoms with Crippen LogP contribution in [0, 0.1) is 16.7 Å². The molecule has 2 N–H and O–H groups in total. The highest BCUT2D eigenvalue weighted by Crippen LogP contribution is 2.76. The van der Waals surface area contributed by atoms with E-state index in [4.69, 9.17) is 9.47 Å². The number of carbonyl (C=O) groups excluding carboxylic acids is 1. The number of benzene rings is 1. The fourth-order valence-corrected chi connectivity index (χ4v) is 10.3. The van der Waals surface area contributed by atoms with E-state index in [1.54, 1.807) is 31.6 Å². The molecule has 1 aliphatic heterocycles. The Morgan fingerprint density at radius 3 is 2.53 bits per heavy atom. The smallest absolute Gasteiger partial charge is 0.272 e. The monoisotopic (exact) mass is 538 g/mol. The van der Waals surface area contributed by atoms with Crippen LogP contribution in [0.5, 0.6) is 11.5 Å². The van der Waals surface area contributed by atoms with Gasteiger partial charge in [0.1, 0.15) is 0 Å². The highest BCUT2D eigenvalue weighted by molar-refractivity contribution is 8.23. The Morgan fingerprint density at radius 1 is 1.11 bits per heavy atom. The lowest BCUT2D eigenvalue weighted by molar-refractivity contribution is -0.123. The number of hydrogen-bond acceptors (Lipinski definition) is 6. The van der Waals surface area contributed by atoms with Crippen LogP contribution in [-0.2, 0) is 4.79 Å². The number of fused-ring (bicyclic) bond motifs is 1. The van der Waals surface area contributed by atoms with Gasteiger partial charge in [-0.05, 0) is 97.7 Å². The van der Waals surface area contributed by atoms with Crippen molar-refractivity contribution in [3.8, 4) is 11.5 Å². The first-order chi connectivity index (χ1) is 18.2. The Labute approximate surface area is 226 Å². The first-order valence-corrected chi connectivity index (χ1v) is 15.4. The molecule has 2 heterocycles. The molecule has 7 nitrogen and oxygen atoms in total. The molecule has 0 radical (unpaired) electrons. The van der Waals surface area contributed by atoms with Crippen LogP contribution in [0.3, 0.4) is 0 Å². The van der Waals surface area contributed by atoms with Crippen LogP contribution in [0.1, 0.15) is 69.9 Å². The third kappa shape index (κ3) is 3.95. The van der Waals surface area contributed by atoms with Crippen molar-refractivity contribution in [2.24, 2.45) is 16.7 Å². The Balaban J connectivity index is 1.40. The number of hydrogen-bond donors (Lipinski definition) is 2. The SMILES string of the molecule is COc1ccc(/C=C(/C(=O)N2[C@@H]3C[C@@H]4CC[C@]3(CS2(O)O)C4(C)C)c2ccncc2)cc1OC1CCCC1. The van der Waals surface area contributed by atoms with Gasteiger partial charge < -0.3 is 9.47 Å². The van der Waals surface area contributed by atoms with Gasteiger partial charge in [-0.25, -0.2) is 4.31 Å². The van der Waals surface area contributed by atoms with E-state index >= 15 is 0 Å². The van der Waals surface area contributed by atoms with Gasteiger partial charge in [0.15, 0.2) is 11.5 Å². The molecule has 1 saturated heterocycles. The summed E-state index contributed by atoms with van der Waals surface area (Å²) in [6.45, 7) is 4.49. The normalized spacial score (nSPS) is 30.3. The largest absolute Gasteiger partial charge is 0.493 e. The zero-order chi connectivity index (χ0) is 26.7. The van der Waals surface area contributed by atoms with Crippen LogP contribution in [-0.4, -0.2) is 49.3 Å². The molecule has 1 spiro atoms. The predicted octanol–water partition coefficient (Wildman–Crippen LogP) is 6.65. The summed E-state index contributed by atoms with van der Waals surface area (Å²) >= 11 is 0.